The Morgan fingerprint density at radius 3 is 2.68 bits per heavy atom. The van der Waals surface area contributed by atoms with Gasteiger partial charge in [0.1, 0.15) is 11.8 Å². The second-order valence-electron chi connectivity index (χ2n) is 4.75. The van der Waals surface area contributed by atoms with E-state index in [-0.39, 0.29) is 0 Å². The number of nitrogens with two attached hydrogens (primary N) is 1. The van der Waals surface area contributed by atoms with E-state index in [1.807, 2.05) is 45.0 Å². The van der Waals surface area contributed by atoms with Gasteiger partial charge in [0.15, 0.2) is 0 Å². The molecule has 4 nitrogen and oxygen atoms in total. The molecule has 0 heterocycles. The fourth-order valence-corrected chi connectivity index (χ4v) is 2.62. The topological polar surface area (TPSA) is 72.5 Å². The van der Waals surface area contributed by atoms with Crippen molar-refractivity contribution in [3.05, 3.63) is 29.8 Å². The van der Waals surface area contributed by atoms with Crippen LogP contribution in [-0.2, 0) is 10.5 Å². The van der Waals surface area contributed by atoms with Crippen LogP contribution in [0.25, 0.3) is 0 Å². The highest BCUT2D eigenvalue weighted by Gasteiger charge is 2.32. The number of para-hydroxylation sites is 1. The van der Waals surface area contributed by atoms with Gasteiger partial charge in [0.25, 0.3) is 0 Å². The minimum Gasteiger partial charge on any atom is -0.494 e. The maximum atomic E-state index is 11.0. The number of ether oxygens (including phenoxy) is 1. The highest BCUT2D eigenvalue weighted by Crippen LogP contribution is 2.33. The van der Waals surface area contributed by atoms with Gasteiger partial charge >= 0.3 is 5.97 Å². The van der Waals surface area contributed by atoms with Crippen LogP contribution in [-0.4, -0.2) is 28.5 Å². The molecule has 0 fully saturated rings. The average molecular weight is 283 g/mol. The van der Waals surface area contributed by atoms with Gasteiger partial charge in [-0.2, -0.15) is 0 Å². The fraction of sp³-hybridized carbons (Fsp3) is 0.500. The van der Waals surface area contributed by atoms with Crippen molar-refractivity contribution in [1.82, 2.24) is 0 Å². The van der Waals surface area contributed by atoms with Crippen LogP contribution in [0, 0.1) is 0 Å². The van der Waals surface area contributed by atoms with E-state index in [9.17, 15) is 4.79 Å². The van der Waals surface area contributed by atoms with Gasteiger partial charge in [0.2, 0.25) is 0 Å². The molecule has 0 saturated heterocycles. The Morgan fingerprint density at radius 2 is 2.11 bits per heavy atom. The van der Waals surface area contributed by atoms with Gasteiger partial charge in [0, 0.05) is 16.1 Å². The van der Waals surface area contributed by atoms with E-state index in [2.05, 4.69) is 0 Å². The fourth-order valence-electron chi connectivity index (χ4n) is 1.57. The molecule has 1 aromatic rings. The van der Waals surface area contributed by atoms with E-state index >= 15 is 0 Å². The maximum absolute atomic E-state index is 11.0. The van der Waals surface area contributed by atoms with Crippen molar-refractivity contribution in [3.8, 4) is 5.75 Å². The molecule has 0 amide bonds. The van der Waals surface area contributed by atoms with Crippen LogP contribution >= 0.6 is 11.8 Å². The third kappa shape index (κ3) is 4.44. The summed E-state index contributed by atoms with van der Waals surface area (Å²) in [6.07, 6.45) is 0. The second kappa shape index (κ2) is 6.82. The SMILES string of the molecule is CCOc1ccccc1CSC(C)(C)[C@H](N)C(=O)O. The first-order valence-electron chi connectivity index (χ1n) is 6.21. The number of hydrogen-bond acceptors (Lipinski definition) is 4. The van der Waals surface area contributed by atoms with Gasteiger partial charge in [-0.1, -0.05) is 18.2 Å². The first-order chi connectivity index (χ1) is 8.88. The first kappa shape index (κ1) is 15.9. The monoisotopic (exact) mass is 283 g/mol. The van der Waals surface area contributed by atoms with Gasteiger partial charge in [0.05, 0.1) is 6.61 Å². The van der Waals surface area contributed by atoms with Crippen LogP contribution in [0.2, 0.25) is 0 Å². The lowest BCUT2D eigenvalue weighted by molar-refractivity contribution is -0.139. The third-order valence-corrected chi connectivity index (χ3v) is 4.34. The Bertz CT molecular complexity index is 434. The zero-order valence-corrected chi connectivity index (χ0v) is 12.4. The summed E-state index contributed by atoms with van der Waals surface area (Å²) in [5, 5.41) is 8.99. The van der Waals surface area contributed by atoms with Crippen molar-refractivity contribution in [3.63, 3.8) is 0 Å². The number of hydrogen-bond donors (Lipinski definition) is 2. The predicted molar refractivity (Wildman–Crippen MR) is 78.6 cm³/mol. The van der Waals surface area contributed by atoms with Gasteiger partial charge in [-0.3, -0.25) is 4.79 Å². The number of carboxylic acids is 1. The Labute approximate surface area is 118 Å². The van der Waals surface area contributed by atoms with Gasteiger partial charge in [-0.15, -0.1) is 11.8 Å². The van der Waals surface area contributed by atoms with E-state index in [0.717, 1.165) is 11.3 Å². The summed E-state index contributed by atoms with van der Waals surface area (Å²) in [5.41, 5.74) is 6.76. The summed E-state index contributed by atoms with van der Waals surface area (Å²) < 4.78 is 5.01. The summed E-state index contributed by atoms with van der Waals surface area (Å²) in [6, 6.07) is 6.89. The quantitative estimate of drug-likeness (QED) is 0.804. The zero-order valence-electron chi connectivity index (χ0n) is 11.6. The Hall–Kier alpha value is -1.20. The molecule has 1 aromatic carbocycles. The minimum absolute atomic E-state index is 0.537. The van der Waals surface area contributed by atoms with Crippen molar-refractivity contribution in [2.75, 3.05) is 6.61 Å². The summed E-state index contributed by atoms with van der Waals surface area (Å²) in [5.74, 6) is 0.539. The number of aliphatic carboxylic acids is 1. The lowest BCUT2D eigenvalue weighted by Crippen LogP contribution is -2.46. The Kier molecular flexibility index (Phi) is 5.69. The number of benzene rings is 1. The second-order valence-corrected chi connectivity index (χ2v) is 6.38. The molecule has 0 aliphatic heterocycles. The standard InChI is InChI=1S/C14H21NO3S/c1-4-18-11-8-6-5-7-10(11)9-19-14(2,3)12(15)13(16)17/h5-8,12H,4,9,15H2,1-3H3,(H,16,17)/t12-/m1/s1. The van der Waals surface area contributed by atoms with Crippen molar-refractivity contribution in [2.45, 2.75) is 37.3 Å². The minimum atomic E-state index is -0.976. The van der Waals surface area contributed by atoms with E-state index in [0.29, 0.717) is 12.4 Å². The average Bonchev–Trinajstić information content (AvgIpc) is 2.37. The summed E-state index contributed by atoms with van der Waals surface area (Å²) in [4.78, 5) is 11.0. The van der Waals surface area contributed by atoms with Gasteiger partial charge in [-0.25, -0.2) is 0 Å². The van der Waals surface area contributed by atoms with E-state index in [1.165, 1.54) is 11.8 Å². The normalized spacial score (nSPS) is 13.1. The van der Waals surface area contributed by atoms with E-state index < -0.39 is 16.8 Å². The summed E-state index contributed by atoms with van der Waals surface area (Å²) in [6.45, 7) is 6.24. The molecule has 0 aliphatic rings. The molecule has 19 heavy (non-hydrogen) atoms. The Balaban J connectivity index is 2.73. The number of carbonyl (C=O) groups is 1. The van der Waals surface area contributed by atoms with Crippen LogP contribution in [0.1, 0.15) is 26.3 Å². The van der Waals surface area contributed by atoms with E-state index in [4.69, 9.17) is 15.6 Å². The molecule has 0 bridgehead atoms. The van der Waals surface area contributed by atoms with Crippen molar-refractivity contribution in [1.29, 1.82) is 0 Å². The number of carboxylic acid groups (broad SMARTS) is 1. The molecule has 0 saturated carbocycles. The van der Waals surface area contributed by atoms with Crippen molar-refractivity contribution in [2.24, 2.45) is 5.73 Å². The molecule has 0 aliphatic carbocycles. The number of thioether (sulfide) groups is 1. The van der Waals surface area contributed by atoms with Crippen LogP contribution in [0.4, 0.5) is 0 Å². The highest BCUT2D eigenvalue weighted by atomic mass is 32.2. The van der Waals surface area contributed by atoms with Crippen LogP contribution in [0.5, 0.6) is 5.75 Å². The predicted octanol–water partition coefficient (Wildman–Crippen LogP) is 2.51. The maximum Gasteiger partial charge on any atom is 0.321 e. The lowest BCUT2D eigenvalue weighted by Gasteiger charge is -2.28. The van der Waals surface area contributed by atoms with E-state index in [1.54, 1.807) is 0 Å². The molecule has 0 unspecified atom stereocenters. The molecule has 0 radical (unpaired) electrons. The first-order valence-corrected chi connectivity index (χ1v) is 7.20. The van der Waals surface area contributed by atoms with Crippen LogP contribution in [0.3, 0.4) is 0 Å². The smallest absolute Gasteiger partial charge is 0.321 e. The largest absolute Gasteiger partial charge is 0.494 e. The summed E-state index contributed by atoms with van der Waals surface area (Å²) >= 11 is 1.52. The van der Waals surface area contributed by atoms with Crippen molar-refractivity contribution >= 4 is 17.7 Å². The highest BCUT2D eigenvalue weighted by molar-refractivity contribution is 7.99. The molecule has 1 atom stereocenters. The molecular formula is C14H21NO3S. The molecule has 0 aromatic heterocycles. The molecule has 106 valence electrons. The summed E-state index contributed by atoms with van der Waals surface area (Å²) in [7, 11) is 0. The lowest BCUT2D eigenvalue weighted by atomic mass is 10.1. The molecular weight excluding hydrogens is 262 g/mol. The van der Waals surface area contributed by atoms with Crippen LogP contribution < -0.4 is 10.5 Å². The number of rotatable bonds is 7. The molecule has 1 rings (SSSR count). The van der Waals surface area contributed by atoms with Crippen molar-refractivity contribution < 1.29 is 14.6 Å². The van der Waals surface area contributed by atoms with Crippen LogP contribution in [0.15, 0.2) is 24.3 Å². The van der Waals surface area contributed by atoms with Gasteiger partial charge in [-0.05, 0) is 26.8 Å². The molecule has 5 heteroatoms. The molecule has 0 spiro atoms. The Morgan fingerprint density at radius 1 is 1.47 bits per heavy atom. The third-order valence-electron chi connectivity index (χ3n) is 2.89. The van der Waals surface area contributed by atoms with Gasteiger partial charge < -0.3 is 15.6 Å². The molecule has 3 N–H and O–H groups in total. The zero-order chi connectivity index (χ0) is 14.5.